The molecule has 1 aliphatic carbocycles. The summed E-state index contributed by atoms with van der Waals surface area (Å²) in [4.78, 5) is 43.3. The highest BCUT2D eigenvalue weighted by atomic mass is 16.5. The van der Waals surface area contributed by atoms with Crippen LogP contribution in [-0.4, -0.2) is 46.4 Å². The average molecular weight is 514 g/mol. The van der Waals surface area contributed by atoms with Crippen molar-refractivity contribution in [3.05, 3.63) is 77.4 Å². The Morgan fingerprint density at radius 1 is 0.947 bits per heavy atom. The van der Waals surface area contributed by atoms with Crippen LogP contribution < -0.4 is 10.6 Å². The van der Waals surface area contributed by atoms with E-state index in [0.717, 1.165) is 42.4 Å². The van der Waals surface area contributed by atoms with Crippen molar-refractivity contribution in [3.8, 4) is 0 Å². The van der Waals surface area contributed by atoms with E-state index in [0.29, 0.717) is 5.69 Å². The van der Waals surface area contributed by atoms with Crippen molar-refractivity contribution in [1.82, 2.24) is 10.2 Å². The molecule has 3 fully saturated rings. The van der Waals surface area contributed by atoms with Crippen LogP contribution in [0.15, 0.2) is 60.7 Å². The Morgan fingerprint density at radius 3 is 2.29 bits per heavy atom. The first-order valence-electron chi connectivity index (χ1n) is 13.8. The topological polar surface area (TPSA) is 87.7 Å². The lowest BCUT2D eigenvalue weighted by Crippen LogP contribution is -2.56. The summed E-state index contributed by atoms with van der Waals surface area (Å²) >= 11 is 0. The maximum absolute atomic E-state index is 14.1. The number of rotatable bonds is 6. The van der Waals surface area contributed by atoms with Crippen molar-refractivity contribution in [2.24, 2.45) is 11.8 Å². The molecule has 5 atom stereocenters. The third-order valence-electron chi connectivity index (χ3n) is 8.67. The van der Waals surface area contributed by atoms with Crippen molar-refractivity contribution < 1.29 is 19.1 Å². The molecule has 0 aromatic heterocycles. The predicted molar refractivity (Wildman–Crippen MR) is 144 cm³/mol. The lowest BCUT2D eigenvalue weighted by atomic mass is 9.74. The number of ether oxygens (including phenoxy) is 1. The van der Waals surface area contributed by atoms with Crippen molar-refractivity contribution >= 4 is 23.4 Å². The van der Waals surface area contributed by atoms with E-state index in [9.17, 15) is 14.4 Å². The number of amides is 3. The van der Waals surface area contributed by atoms with E-state index in [-0.39, 0.29) is 30.3 Å². The van der Waals surface area contributed by atoms with E-state index < -0.39 is 29.6 Å². The molecule has 6 rings (SSSR count). The summed E-state index contributed by atoms with van der Waals surface area (Å²) in [7, 11) is 0. The summed E-state index contributed by atoms with van der Waals surface area (Å²) in [5.74, 6) is -2.11. The van der Waals surface area contributed by atoms with E-state index in [4.69, 9.17) is 4.74 Å². The average Bonchev–Trinajstić information content (AvgIpc) is 3.55. The molecule has 2 bridgehead atoms. The second-order valence-electron chi connectivity index (χ2n) is 11.4. The minimum Gasteiger partial charge on any atom is -0.359 e. The fourth-order valence-corrected chi connectivity index (χ4v) is 6.72. The fourth-order valence-electron chi connectivity index (χ4n) is 6.72. The van der Waals surface area contributed by atoms with Crippen molar-refractivity contribution in [1.29, 1.82) is 0 Å². The summed E-state index contributed by atoms with van der Waals surface area (Å²) < 4.78 is 6.46. The zero-order valence-electron chi connectivity index (χ0n) is 22.0. The Morgan fingerprint density at radius 2 is 1.61 bits per heavy atom. The highest BCUT2D eigenvalue weighted by Gasteiger charge is 2.72. The smallest absolute Gasteiger partial charge is 0.246 e. The van der Waals surface area contributed by atoms with Gasteiger partial charge in [-0.05, 0) is 44.4 Å². The number of carbonyl (C=O) groups excluding carboxylic acids is 3. The molecule has 198 valence electrons. The Bertz CT molecular complexity index is 1270. The van der Waals surface area contributed by atoms with Crippen molar-refractivity contribution in [3.63, 3.8) is 0 Å². The van der Waals surface area contributed by atoms with Crippen LogP contribution >= 0.6 is 0 Å². The van der Waals surface area contributed by atoms with E-state index in [2.05, 4.69) is 10.6 Å². The molecule has 7 heteroatoms. The normalized spacial score (nSPS) is 29.9. The van der Waals surface area contributed by atoms with Crippen LogP contribution in [0.25, 0.3) is 0 Å². The second kappa shape index (κ2) is 9.70. The van der Waals surface area contributed by atoms with Crippen LogP contribution in [-0.2, 0) is 25.7 Å². The molecule has 3 aliphatic heterocycles. The number of anilines is 1. The minimum atomic E-state index is -1.15. The molecular weight excluding hydrogens is 478 g/mol. The van der Waals surface area contributed by atoms with Gasteiger partial charge in [0, 0.05) is 18.3 Å². The van der Waals surface area contributed by atoms with Gasteiger partial charge in [0.05, 0.1) is 17.9 Å². The molecule has 4 aliphatic rings. The monoisotopic (exact) mass is 513 g/mol. The van der Waals surface area contributed by atoms with Crippen LogP contribution in [0.1, 0.15) is 48.8 Å². The molecule has 3 heterocycles. The third-order valence-corrected chi connectivity index (χ3v) is 8.67. The zero-order chi connectivity index (χ0) is 26.4. The molecule has 7 nitrogen and oxygen atoms in total. The van der Waals surface area contributed by atoms with Crippen LogP contribution in [0.5, 0.6) is 0 Å². The number of likely N-dealkylation sites (tertiary alicyclic amines) is 1. The molecular formula is C31H35N3O4. The Labute approximate surface area is 223 Å². The standard InChI is InChI=1S/C31H35N3O4/c1-19-8-12-21(13-9-19)18-34-27(29(36)33-22-6-4-3-5-7-22)31-17-16-24(38-31)25(26(31)30(34)37)28(35)32-23-14-10-20(2)11-15-23/h8-17,22,24-27H,3-7,18H2,1-2H3,(H,32,35)(H,33,36)/t24-,25+,26-,27-,31+/m1/s1. The SMILES string of the molecule is Cc1ccc(CN2C(=O)[C@H]3[C@@H](C(=O)Nc4ccc(C)cc4)[C@H]4C=C[C@@]3(O4)[C@H]2C(=O)NC2CCCCC2)cc1. The van der Waals surface area contributed by atoms with Gasteiger partial charge in [-0.15, -0.1) is 0 Å². The first kappa shape index (κ1) is 24.9. The quantitative estimate of drug-likeness (QED) is 0.571. The summed E-state index contributed by atoms with van der Waals surface area (Å²) in [5, 5.41) is 6.22. The van der Waals surface area contributed by atoms with E-state index >= 15 is 0 Å². The molecule has 1 saturated carbocycles. The number of carbonyl (C=O) groups is 3. The number of hydrogen-bond donors (Lipinski definition) is 2. The van der Waals surface area contributed by atoms with Gasteiger partial charge in [-0.2, -0.15) is 0 Å². The Kier molecular flexibility index (Phi) is 6.34. The van der Waals surface area contributed by atoms with Crippen LogP contribution in [0.4, 0.5) is 5.69 Å². The lowest BCUT2D eigenvalue weighted by molar-refractivity contribution is -0.142. The molecule has 2 N–H and O–H groups in total. The van der Waals surface area contributed by atoms with Gasteiger partial charge in [0.1, 0.15) is 11.6 Å². The molecule has 2 saturated heterocycles. The summed E-state index contributed by atoms with van der Waals surface area (Å²) in [6.45, 7) is 4.29. The number of benzene rings is 2. The minimum absolute atomic E-state index is 0.103. The molecule has 2 aromatic carbocycles. The largest absolute Gasteiger partial charge is 0.359 e. The maximum Gasteiger partial charge on any atom is 0.246 e. The summed E-state index contributed by atoms with van der Waals surface area (Å²) in [6.07, 6.45) is 8.45. The van der Waals surface area contributed by atoms with E-state index in [1.54, 1.807) is 4.90 Å². The molecule has 0 radical (unpaired) electrons. The Hall–Kier alpha value is -3.45. The van der Waals surface area contributed by atoms with Crippen LogP contribution in [0.2, 0.25) is 0 Å². The van der Waals surface area contributed by atoms with Gasteiger partial charge in [-0.3, -0.25) is 14.4 Å². The van der Waals surface area contributed by atoms with Crippen molar-refractivity contribution in [2.45, 2.75) is 76.3 Å². The van der Waals surface area contributed by atoms with Crippen LogP contribution in [0.3, 0.4) is 0 Å². The Balaban J connectivity index is 1.32. The van der Waals surface area contributed by atoms with Gasteiger partial charge < -0.3 is 20.3 Å². The summed E-state index contributed by atoms with van der Waals surface area (Å²) in [6, 6.07) is 14.8. The molecule has 1 spiro atoms. The first-order valence-corrected chi connectivity index (χ1v) is 13.8. The second-order valence-corrected chi connectivity index (χ2v) is 11.4. The van der Waals surface area contributed by atoms with Gasteiger partial charge >= 0.3 is 0 Å². The van der Waals surface area contributed by atoms with Gasteiger partial charge in [0.15, 0.2) is 0 Å². The summed E-state index contributed by atoms with van der Waals surface area (Å²) in [5.41, 5.74) is 2.68. The number of nitrogens with zero attached hydrogens (tertiary/aromatic N) is 1. The van der Waals surface area contributed by atoms with E-state index in [1.165, 1.54) is 6.42 Å². The number of aryl methyl sites for hydroxylation is 2. The third kappa shape index (κ3) is 4.23. The lowest BCUT2D eigenvalue weighted by Gasteiger charge is -2.34. The van der Waals surface area contributed by atoms with Crippen molar-refractivity contribution in [2.75, 3.05) is 5.32 Å². The number of nitrogens with one attached hydrogen (secondary N) is 2. The molecule has 38 heavy (non-hydrogen) atoms. The van der Waals surface area contributed by atoms with E-state index in [1.807, 2.05) is 74.5 Å². The predicted octanol–water partition coefficient (Wildman–Crippen LogP) is 4.04. The van der Waals surface area contributed by atoms with Gasteiger partial charge in [-0.1, -0.05) is 78.9 Å². The molecule has 3 amide bonds. The highest BCUT2D eigenvalue weighted by molar-refractivity contribution is 6.02. The zero-order valence-corrected chi connectivity index (χ0v) is 22.0. The van der Waals surface area contributed by atoms with Crippen LogP contribution in [0, 0.1) is 25.7 Å². The van der Waals surface area contributed by atoms with Gasteiger partial charge in [-0.25, -0.2) is 0 Å². The van der Waals surface area contributed by atoms with Gasteiger partial charge in [0.25, 0.3) is 0 Å². The number of hydrogen-bond acceptors (Lipinski definition) is 4. The maximum atomic E-state index is 14.1. The number of fused-ring (bicyclic) bond motifs is 1. The molecule has 2 aromatic rings. The highest BCUT2D eigenvalue weighted by Crippen LogP contribution is 2.55. The molecule has 0 unspecified atom stereocenters. The van der Waals surface area contributed by atoms with Gasteiger partial charge in [0.2, 0.25) is 17.7 Å². The fraction of sp³-hybridized carbons (Fsp3) is 0.452. The first-order chi connectivity index (χ1) is 18.4.